The Morgan fingerprint density at radius 1 is 1.25 bits per heavy atom. The van der Waals surface area contributed by atoms with E-state index in [1.807, 2.05) is 12.1 Å². The highest BCUT2D eigenvalue weighted by Crippen LogP contribution is 2.28. The van der Waals surface area contributed by atoms with Crippen molar-refractivity contribution in [1.29, 1.82) is 0 Å². The number of morpholine rings is 1. The van der Waals surface area contributed by atoms with Gasteiger partial charge in [0.2, 0.25) is 0 Å². The lowest BCUT2D eigenvalue weighted by molar-refractivity contribution is -0.0689. The zero-order chi connectivity index (χ0) is 14.5. The summed E-state index contributed by atoms with van der Waals surface area (Å²) in [5.41, 5.74) is 1.20. The monoisotopic (exact) mass is 299 g/mol. The molecule has 1 aromatic rings. The number of hydrogen-bond donors (Lipinski definition) is 0. The van der Waals surface area contributed by atoms with E-state index in [-0.39, 0.29) is 12.2 Å². The second-order valence-electron chi connectivity index (χ2n) is 5.11. The number of alkyl halides is 1. The van der Waals surface area contributed by atoms with E-state index in [0.29, 0.717) is 5.88 Å². The zero-order valence-corrected chi connectivity index (χ0v) is 13.0. The number of nitrogens with zero attached hydrogens (tertiary/aromatic N) is 1. The van der Waals surface area contributed by atoms with E-state index in [0.717, 1.165) is 31.1 Å². The highest BCUT2D eigenvalue weighted by Gasteiger charge is 2.24. The number of rotatable bonds is 5. The van der Waals surface area contributed by atoms with Crippen molar-refractivity contribution in [2.45, 2.75) is 25.7 Å². The van der Waals surface area contributed by atoms with Crippen molar-refractivity contribution in [3.63, 3.8) is 0 Å². The van der Waals surface area contributed by atoms with Gasteiger partial charge in [-0.3, -0.25) is 4.90 Å². The van der Waals surface area contributed by atoms with Gasteiger partial charge in [-0.15, -0.1) is 11.6 Å². The van der Waals surface area contributed by atoms with Crippen molar-refractivity contribution in [2.75, 3.05) is 33.2 Å². The van der Waals surface area contributed by atoms with Crippen molar-refractivity contribution < 1.29 is 14.2 Å². The van der Waals surface area contributed by atoms with Gasteiger partial charge in [-0.05, 0) is 24.6 Å². The fourth-order valence-electron chi connectivity index (χ4n) is 2.59. The second kappa shape index (κ2) is 7.16. The Balaban J connectivity index is 2.05. The summed E-state index contributed by atoms with van der Waals surface area (Å²) >= 11 is 5.91. The predicted octanol–water partition coefficient (Wildman–Crippen LogP) is 2.53. The maximum atomic E-state index is 5.91. The smallest absolute Gasteiger partial charge is 0.161 e. The Kier molecular flexibility index (Phi) is 5.52. The van der Waals surface area contributed by atoms with E-state index >= 15 is 0 Å². The molecule has 20 heavy (non-hydrogen) atoms. The van der Waals surface area contributed by atoms with Crippen LogP contribution < -0.4 is 9.47 Å². The summed E-state index contributed by atoms with van der Waals surface area (Å²) < 4.78 is 16.4. The van der Waals surface area contributed by atoms with Crippen LogP contribution in [0.25, 0.3) is 0 Å². The Bertz CT molecular complexity index is 441. The maximum absolute atomic E-state index is 5.91. The Labute approximate surface area is 125 Å². The first-order chi connectivity index (χ1) is 9.66. The SMILES string of the molecule is COc1ccc(CN2CC(C)OC(CCl)C2)cc1OC. The van der Waals surface area contributed by atoms with Crippen LogP contribution in [0.2, 0.25) is 0 Å². The molecule has 0 bridgehead atoms. The molecule has 0 aromatic heterocycles. The average Bonchev–Trinajstić information content (AvgIpc) is 2.46. The normalized spacial score (nSPS) is 23.6. The van der Waals surface area contributed by atoms with E-state index in [4.69, 9.17) is 25.8 Å². The molecule has 0 amide bonds. The van der Waals surface area contributed by atoms with Crippen LogP contribution in [0.4, 0.5) is 0 Å². The molecule has 0 spiro atoms. The van der Waals surface area contributed by atoms with Gasteiger partial charge in [-0.1, -0.05) is 6.07 Å². The molecule has 5 heteroatoms. The number of halogens is 1. The van der Waals surface area contributed by atoms with Crippen molar-refractivity contribution >= 4 is 11.6 Å². The Morgan fingerprint density at radius 2 is 2.00 bits per heavy atom. The standard InChI is InChI=1S/C15H22ClNO3/c1-11-8-17(10-13(7-16)20-11)9-12-4-5-14(18-2)15(6-12)19-3/h4-6,11,13H,7-10H2,1-3H3. The van der Waals surface area contributed by atoms with Crippen molar-refractivity contribution in [2.24, 2.45) is 0 Å². The van der Waals surface area contributed by atoms with Gasteiger partial charge < -0.3 is 14.2 Å². The lowest BCUT2D eigenvalue weighted by Gasteiger charge is -2.36. The molecular weight excluding hydrogens is 278 g/mol. The molecule has 2 rings (SSSR count). The van der Waals surface area contributed by atoms with Crippen LogP contribution in [-0.4, -0.2) is 50.3 Å². The van der Waals surface area contributed by atoms with Crippen LogP contribution in [0.5, 0.6) is 11.5 Å². The lowest BCUT2D eigenvalue weighted by atomic mass is 10.1. The van der Waals surface area contributed by atoms with E-state index < -0.39 is 0 Å². The van der Waals surface area contributed by atoms with Crippen LogP contribution in [0.3, 0.4) is 0 Å². The van der Waals surface area contributed by atoms with Crippen LogP contribution in [-0.2, 0) is 11.3 Å². The highest BCUT2D eigenvalue weighted by atomic mass is 35.5. The van der Waals surface area contributed by atoms with Crippen molar-refractivity contribution in [1.82, 2.24) is 4.90 Å². The quantitative estimate of drug-likeness (QED) is 0.782. The molecule has 2 atom stereocenters. The molecule has 1 fully saturated rings. The van der Waals surface area contributed by atoms with E-state index in [2.05, 4.69) is 17.9 Å². The van der Waals surface area contributed by atoms with Crippen LogP contribution in [0.15, 0.2) is 18.2 Å². The summed E-state index contributed by atoms with van der Waals surface area (Å²) in [6.07, 6.45) is 0.327. The molecule has 0 saturated carbocycles. The van der Waals surface area contributed by atoms with Crippen LogP contribution in [0, 0.1) is 0 Å². The van der Waals surface area contributed by atoms with Crippen LogP contribution in [0.1, 0.15) is 12.5 Å². The van der Waals surface area contributed by atoms with E-state index in [9.17, 15) is 0 Å². The fourth-order valence-corrected chi connectivity index (χ4v) is 2.76. The zero-order valence-electron chi connectivity index (χ0n) is 12.3. The summed E-state index contributed by atoms with van der Waals surface area (Å²) in [6.45, 7) is 4.73. The lowest BCUT2D eigenvalue weighted by Crippen LogP contribution is -2.46. The molecule has 1 heterocycles. The number of ether oxygens (including phenoxy) is 3. The Hall–Kier alpha value is -0.970. The Morgan fingerprint density at radius 3 is 2.65 bits per heavy atom. The molecule has 1 aliphatic rings. The molecule has 0 aliphatic carbocycles. The number of methoxy groups -OCH3 is 2. The van der Waals surface area contributed by atoms with Gasteiger partial charge in [0.15, 0.2) is 11.5 Å². The summed E-state index contributed by atoms with van der Waals surface area (Å²) in [5, 5.41) is 0. The van der Waals surface area contributed by atoms with Gasteiger partial charge in [-0.25, -0.2) is 0 Å². The third-order valence-corrected chi connectivity index (χ3v) is 3.77. The van der Waals surface area contributed by atoms with Gasteiger partial charge in [0.05, 0.1) is 26.4 Å². The summed E-state index contributed by atoms with van der Waals surface area (Å²) in [7, 11) is 3.30. The largest absolute Gasteiger partial charge is 0.493 e. The second-order valence-corrected chi connectivity index (χ2v) is 5.42. The first-order valence-corrected chi connectivity index (χ1v) is 7.34. The summed E-state index contributed by atoms with van der Waals surface area (Å²) in [4.78, 5) is 2.36. The third-order valence-electron chi connectivity index (χ3n) is 3.43. The summed E-state index contributed by atoms with van der Waals surface area (Å²) in [5.74, 6) is 2.05. The van der Waals surface area contributed by atoms with Crippen molar-refractivity contribution in [3.8, 4) is 11.5 Å². The summed E-state index contributed by atoms with van der Waals surface area (Å²) in [6, 6.07) is 6.03. The molecule has 0 radical (unpaired) electrons. The van der Waals surface area contributed by atoms with Gasteiger partial charge in [0.1, 0.15) is 0 Å². The fraction of sp³-hybridized carbons (Fsp3) is 0.600. The molecular formula is C15H22ClNO3. The average molecular weight is 300 g/mol. The maximum Gasteiger partial charge on any atom is 0.161 e. The number of hydrogen-bond acceptors (Lipinski definition) is 4. The third kappa shape index (κ3) is 3.78. The minimum absolute atomic E-state index is 0.112. The highest BCUT2D eigenvalue weighted by molar-refractivity contribution is 6.18. The molecule has 1 saturated heterocycles. The number of benzene rings is 1. The van der Waals surface area contributed by atoms with Gasteiger partial charge >= 0.3 is 0 Å². The molecule has 1 aliphatic heterocycles. The topological polar surface area (TPSA) is 30.9 Å². The first kappa shape index (κ1) is 15.4. The van der Waals surface area contributed by atoms with Gasteiger partial charge in [0, 0.05) is 25.5 Å². The molecule has 2 unspecified atom stereocenters. The molecule has 4 nitrogen and oxygen atoms in total. The molecule has 112 valence electrons. The van der Waals surface area contributed by atoms with Crippen LogP contribution >= 0.6 is 11.6 Å². The van der Waals surface area contributed by atoms with E-state index in [1.165, 1.54) is 5.56 Å². The van der Waals surface area contributed by atoms with Gasteiger partial charge in [0.25, 0.3) is 0 Å². The van der Waals surface area contributed by atoms with E-state index in [1.54, 1.807) is 14.2 Å². The minimum atomic E-state index is 0.112. The predicted molar refractivity (Wildman–Crippen MR) is 79.9 cm³/mol. The van der Waals surface area contributed by atoms with Crippen molar-refractivity contribution in [3.05, 3.63) is 23.8 Å². The molecule has 0 N–H and O–H groups in total. The van der Waals surface area contributed by atoms with Gasteiger partial charge in [-0.2, -0.15) is 0 Å². The minimum Gasteiger partial charge on any atom is -0.493 e. The first-order valence-electron chi connectivity index (χ1n) is 6.81. The molecule has 1 aromatic carbocycles.